The van der Waals surface area contributed by atoms with Gasteiger partial charge in [-0.25, -0.2) is 15.0 Å². The third-order valence-corrected chi connectivity index (χ3v) is 2.76. The maximum atomic E-state index is 11.6. The second-order valence-corrected chi connectivity index (χ2v) is 4.22. The Kier molecular flexibility index (Phi) is 3.12. The van der Waals surface area contributed by atoms with Gasteiger partial charge in [-0.15, -0.1) is 11.3 Å². The number of thiazole rings is 1. The number of amides is 1. The van der Waals surface area contributed by atoms with Gasteiger partial charge < -0.3 is 0 Å². The largest absolute Gasteiger partial charge is 0.296 e. The molecule has 0 aromatic carbocycles. The molecule has 0 unspecified atom stereocenters. The number of hydrogen-bond acceptors (Lipinski definition) is 5. The number of aromatic nitrogens is 3. The Morgan fingerprint density at radius 2 is 2.25 bits per heavy atom. The molecule has 0 saturated carbocycles. The first-order valence-electron chi connectivity index (χ1n) is 4.36. The zero-order valence-electron chi connectivity index (χ0n) is 8.27. The van der Waals surface area contributed by atoms with Crippen molar-refractivity contribution in [1.82, 2.24) is 15.0 Å². The molecule has 16 heavy (non-hydrogen) atoms. The highest BCUT2D eigenvalue weighted by Crippen LogP contribution is 2.15. The van der Waals surface area contributed by atoms with Crippen LogP contribution in [0.25, 0.3) is 0 Å². The van der Waals surface area contributed by atoms with Crippen molar-refractivity contribution in [2.75, 3.05) is 5.32 Å². The molecule has 0 aliphatic rings. The molecule has 0 spiro atoms. The summed E-state index contributed by atoms with van der Waals surface area (Å²) in [5.74, 6) is -0.349. The number of nitrogens with one attached hydrogen (secondary N) is 1. The van der Waals surface area contributed by atoms with Gasteiger partial charge in [0.1, 0.15) is 10.8 Å². The Bertz CT molecular complexity index is 510. The van der Waals surface area contributed by atoms with Gasteiger partial charge in [-0.2, -0.15) is 0 Å². The smallest absolute Gasteiger partial charge is 0.277 e. The minimum absolute atomic E-state index is 0.206. The van der Waals surface area contributed by atoms with Crippen LogP contribution in [0.2, 0.25) is 5.15 Å². The van der Waals surface area contributed by atoms with Gasteiger partial charge in [-0.3, -0.25) is 10.1 Å². The quantitative estimate of drug-likeness (QED) is 0.892. The fraction of sp³-hybridized carbons (Fsp3) is 0.111. The first kappa shape index (κ1) is 11.0. The van der Waals surface area contributed by atoms with Crippen molar-refractivity contribution in [2.24, 2.45) is 0 Å². The van der Waals surface area contributed by atoms with E-state index in [-0.39, 0.29) is 16.8 Å². The minimum Gasteiger partial charge on any atom is -0.296 e. The fourth-order valence-electron chi connectivity index (χ4n) is 1.00. The zero-order valence-corrected chi connectivity index (χ0v) is 9.84. The summed E-state index contributed by atoms with van der Waals surface area (Å²) in [5, 5.41) is 5.26. The molecule has 1 amide bonds. The number of aryl methyl sites for hydroxylation is 1. The van der Waals surface area contributed by atoms with Crippen LogP contribution in [-0.4, -0.2) is 20.9 Å². The fourth-order valence-corrected chi connectivity index (χ4v) is 1.78. The third-order valence-electron chi connectivity index (χ3n) is 1.69. The van der Waals surface area contributed by atoms with Gasteiger partial charge in [-0.05, 0) is 6.92 Å². The second kappa shape index (κ2) is 4.54. The predicted octanol–water partition coefficient (Wildman–Crippen LogP) is 2.15. The van der Waals surface area contributed by atoms with Gasteiger partial charge in [0.2, 0.25) is 0 Å². The van der Waals surface area contributed by atoms with Gasteiger partial charge in [0.25, 0.3) is 5.91 Å². The van der Waals surface area contributed by atoms with Crippen LogP contribution in [-0.2, 0) is 0 Å². The summed E-state index contributed by atoms with van der Waals surface area (Å²) in [7, 11) is 0. The molecule has 2 heterocycles. The van der Waals surface area contributed by atoms with Crippen molar-refractivity contribution in [3.05, 3.63) is 34.3 Å². The molecule has 0 fully saturated rings. The number of rotatable bonds is 2. The van der Waals surface area contributed by atoms with Crippen molar-refractivity contribution in [3.63, 3.8) is 0 Å². The van der Waals surface area contributed by atoms with Crippen molar-refractivity contribution in [1.29, 1.82) is 0 Å². The number of hydrogen-bond donors (Lipinski definition) is 1. The van der Waals surface area contributed by atoms with E-state index in [1.165, 1.54) is 23.7 Å². The summed E-state index contributed by atoms with van der Waals surface area (Å²) in [5.41, 5.74) is 1.07. The van der Waals surface area contributed by atoms with Gasteiger partial charge in [0.05, 0.1) is 18.1 Å². The van der Waals surface area contributed by atoms with Crippen molar-refractivity contribution in [3.8, 4) is 0 Å². The summed E-state index contributed by atoms with van der Waals surface area (Å²) in [6.07, 6.45) is 2.64. The lowest BCUT2D eigenvalue weighted by molar-refractivity contribution is 0.102. The van der Waals surface area contributed by atoms with E-state index in [9.17, 15) is 4.79 Å². The maximum Gasteiger partial charge on any atom is 0.277 e. The summed E-state index contributed by atoms with van der Waals surface area (Å²) in [4.78, 5) is 23.4. The molecule has 2 aromatic heterocycles. The van der Waals surface area contributed by atoms with E-state index in [1.54, 1.807) is 0 Å². The first-order chi connectivity index (χ1) is 7.65. The Morgan fingerprint density at radius 3 is 2.81 bits per heavy atom. The molecule has 0 saturated heterocycles. The topological polar surface area (TPSA) is 67.8 Å². The number of carbonyl (C=O) groups excluding carboxylic acids is 1. The lowest BCUT2D eigenvalue weighted by Gasteiger charge is -1.99. The van der Waals surface area contributed by atoms with Gasteiger partial charge in [0, 0.05) is 5.38 Å². The molecule has 2 aromatic rings. The number of nitrogens with zero attached hydrogens (tertiary/aromatic N) is 3. The van der Waals surface area contributed by atoms with E-state index in [0.717, 1.165) is 5.69 Å². The van der Waals surface area contributed by atoms with Crippen LogP contribution in [0.15, 0.2) is 17.8 Å². The highest BCUT2D eigenvalue weighted by atomic mass is 35.5. The highest BCUT2D eigenvalue weighted by Gasteiger charge is 2.09. The van der Waals surface area contributed by atoms with Crippen LogP contribution in [0.4, 0.5) is 5.13 Å². The molecule has 0 bridgehead atoms. The molecule has 0 atom stereocenters. The average molecular weight is 255 g/mol. The van der Waals surface area contributed by atoms with Crippen LogP contribution < -0.4 is 5.32 Å². The summed E-state index contributed by atoms with van der Waals surface area (Å²) >= 11 is 6.92. The van der Waals surface area contributed by atoms with E-state index in [1.807, 2.05) is 12.3 Å². The van der Waals surface area contributed by atoms with Gasteiger partial charge in [0.15, 0.2) is 5.13 Å². The zero-order chi connectivity index (χ0) is 11.5. The van der Waals surface area contributed by atoms with Crippen LogP contribution in [0.3, 0.4) is 0 Å². The van der Waals surface area contributed by atoms with E-state index >= 15 is 0 Å². The van der Waals surface area contributed by atoms with E-state index < -0.39 is 0 Å². The van der Waals surface area contributed by atoms with Crippen LogP contribution in [0.1, 0.15) is 16.2 Å². The standard InChI is InChI=1S/C9H7ClN4OS/c1-5-4-16-9(13-5)14-8(15)6-2-12-7(10)3-11-6/h2-4H,1H3,(H,13,14,15). The Hall–Kier alpha value is -1.53. The van der Waals surface area contributed by atoms with E-state index in [2.05, 4.69) is 20.3 Å². The molecule has 0 radical (unpaired) electrons. The Balaban J connectivity index is 2.11. The molecule has 7 heteroatoms. The lowest BCUT2D eigenvalue weighted by atomic mass is 10.4. The molecule has 0 aliphatic heterocycles. The molecular formula is C9H7ClN4OS. The molecule has 2 rings (SSSR count). The van der Waals surface area contributed by atoms with Crippen molar-refractivity contribution in [2.45, 2.75) is 6.92 Å². The van der Waals surface area contributed by atoms with E-state index in [0.29, 0.717) is 5.13 Å². The number of carbonyl (C=O) groups is 1. The Morgan fingerprint density at radius 1 is 1.44 bits per heavy atom. The van der Waals surface area contributed by atoms with Gasteiger partial charge >= 0.3 is 0 Å². The number of anilines is 1. The lowest BCUT2D eigenvalue weighted by Crippen LogP contribution is -2.13. The predicted molar refractivity (Wildman–Crippen MR) is 61.8 cm³/mol. The average Bonchev–Trinajstić information content (AvgIpc) is 2.65. The minimum atomic E-state index is -0.349. The summed E-state index contributed by atoms with van der Waals surface area (Å²) in [6.45, 7) is 1.86. The monoisotopic (exact) mass is 254 g/mol. The molecule has 5 nitrogen and oxygen atoms in total. The third kappa shape index (κ3) is 2.53. The Labute approximate surface area is 101 Å². The second-order valence-electron chi connectivity index (χ2n) is 2.97. The van der Waals surface area contributed by atoms with Gasteiger partial charge in [-0.1, -0.05) is 11.6 Å². The number of halogens is 1. The molecule has 0 aliphatic carbocycles. The normalized spacial score (nSPS) is 10.1. The van der Waals surface area contributed by atoms with Crippen LogP contribution in [0, 0.1) is 6.92 Å². The summed E-state index contributed by atoms with van der Waals surface area (Å²) < 4.78 is 0. The van der Waals surface area contributed by atoms with Crippen LogP contribution in [0.5, 0.6) is 0 Å². The van der Waals surface area contributed by atoms with Crippen LogP contribution >= 0.6 is 22.9 Å². The molecule has 1 N–H and O–H groups in total. The van der Waals surface area contributed by atoms with Crippen molar-refractivity contribution < 1.29 is 4.79 Å². The first-order valence-corrected chi connectivity index (χ1v) is 5.62. The van der Waals surface area contributed by atoms with E-state index in [4.69, 9.17) is 11.6 Å². The molecule has 82 valence electrons. The summed E-state index contributed by atoms with van der Waals surface area (Å²) in [6, 6.07) is 0. The SMILES string of the molecule is Cc1csc(NC(=O)c2cnc(Cl)cn2)n1. The maximum absolute atomic E-state index is 11.6. The molecular weight excluding hydrogens is 248 g/mol. The van der Waals surface area contributed by atoms with Crippen molar-refractivity contribution >= 4 is 34.0 Å². The highest BCUT2D eigenvalue weighted by molar-refractivity contribution is 7.13.